The van der Waals surface area contributed by atoms with Crippen molar-refractivity contribution >= 4 is 17.7 Å². The molecule has 1 fully saturated rings. The van der Waals surface area contributed by atoms with Gasteiger partial charge in [-0.25, -0.2) is 0 Å². The van der Waals surface area contributed by atoms with E-state index < -0.39 is 5.60 Å². The van der Waals surface area contributed by atoms with Gasteiger partial charge in [0.25, 0.3) is 5.91 Å². The van der Waals surface area contributed by atoms with Crippen LogP contribution >= 0.6 is 0 Å². The maximum absolute atomic E-state index is 13.4. The van der Waals surface area contributed by atoms with Gasteiger partial charge in [0.2, 0.25) is 5.60 Å². The number of fused-ring (bicyclic) bond motifs is 2. The third kappa shape index (κ3) is 2.99. The maximum atomic E-state index is 13.4. The van der Waals surface area contributed by atoms with Crippen LogP contribution in [0.5, 0.6) is 5.75 Å². The normalized spacial score (nSPS) is 22.5. The fourth-order valence-electron chi connectivity index (χ4n) is 4.02. The zero-order valence-corrected chi connectivity index (χ0v) is 16.5. The van der Waals surface area contributed by atoms with Gasteiger partial charge in [0.05, 0.1) is 18.6 Å². The Morgan fingerprint density at radius 1 is 1.18 bits per heavy atom. The molecule has 0 saturated carbocycles. The number of carbonyl (C=O) groups excluding carboxylic acids is 1. The van der Waals surface area contributed by atoms with Crippen molar-refractivity contribution < 1.29 is 14.3 Å². The fraction of sp³-hybridized carbons (Fsp3) is 0.292. The molecule has 4 heteroatoms. The molecule has 2 aromatic carbocycles. The maximum Gasteiger partial charge on any atom is 0.276 e. The summed E-state index contributed by atoms with van der Waals surface area (Å²) in [5.41, 5.74) is 2.04. The third-order valence-corrected chi connectivity index (χ3v) is 5.38. The summed E-state index contributed by atoms with van der Waals surface area (Å²) in [5, 5.41) is 0. The average Bonchev–Trinajstić information content (AvgIpc) is 3.23. The van der Waals surface area contributed by atoms with E-state index >= 15 is 0 Å². The van der Waals surface area contributed by atoms with Crippen molar-refractivity contribution in [1.82, 2.24) is 0 Å². The quantitative estimate of drug-likeness (QED) is 0.750. The highest BCUT2D eigenvalue weighted by Crippen LogP contribution is 2.52. The lowest BCUT2D eigenvalue weighted by molar-refractivity contribution is -0.135. The summed E-state index contributed by atoms with van der Waals surface area (Å²) in [6.45, 7) is 4.04. The molecule has 1 saturated heterocycles. The van der Waals surface area contributed by atoms with Crippen LogP contribution in [-0.4, -0.2) is 19.1 Å². The van der Waals surface area contributed by atoms with E-state index in [2.05, 4.69) is 12.1 Å². The number of rotatable bonds is 4. The Morgan fingerprint density at radius 2 is 1.96 bits per heavy atom. The molecule has 0 aromatic heterocycles. The molecule has 2 aliphatic rings. The van der Waals surface area contributed by atoms with Gasteiger partial charge in [-0.3, -0.25) is 4.79 Å². The Balaban J connectivity index is 1.64. The minimum Gasteiger partial charge on any atom is -0.497 e. The molecule has 28 heavy (non-hydrogen) atoms. The molecule has 1 unspecified atom stereocenters. The zero-order chi connectivity index (χ0) is 19.7. The van der Waals surface area contributed by atoms with Gasteiger partial charge < -0.3 is 14.4 Å². The molecule has 2 aliphatic heterocycles. The monoisotopic (exact) mass is 375 g/mol. The molecular weight excluding hydrogens is 350 g/mol. The highest BCUT2D eigenvalue weighted by atomic mass is 16.5. The summed E-state index contributed by atoms with van der Waals surface area (Å²) in [6, 6.07) is 16.0. The number of nitrogens with zero attached hydrogens (tertiary/aromatic N) is 1. The number of hydrogen-bond acceptors (Lipinski definition) is 3. The minimum absolute atomic E-state index is 0.0150. The Bertz CT molecular complexity index is 946. The van der Waals surface area contributed by atoms with E-state index in [1.165, 1.54) is 0 Å². The van der Waals surface area contributed by atoms with E-state index in [4.69, 9.17) is 9.47 Å². The molecule has 0 bridgehead atoms. The van der Waals surface area contributed by atoms with Crippen LogP contribution in [0.3, 0.4) is 0 Å². The SMILES string of the molecule is COc1ccc2c(c1)N(C(C)C)C(=O)C21CC/C(=C/C=C/c2ccccc2)O1. The predicted molar refractivity (Wildman–Crippen MR) is 111 cm³/mol. The number of amides is 1. The summed E-state index contributed by atoms with van der Waals surface area (Å²) >= 11 is 0. The van der Waals surface area contributed by atoms with Crippen molar-refractivity contribution in [2.24, 2.45) is 0 Å². The van der Waals surface area contributed by atoms with E-state index in [9.17, 15) is 4.79 Å². The van der Waals surface area contributed by atoms with Crippen LogP contribution in [0.1, 0.15) is 37.8 Å². The second-order valence-electron chi connectivity index (χ2n) is 7.48. The van der Waals surface area contributed by atoms with Crippen LogP contribution in [-0.2, 0) is 15.1 Å². The first-order chi connectivity index (χ1) is 13.5. The van der Waals surface area contributed by atoms with Gasteiger partial charge >= 0.3 is 0 Å². The van der Waals surface area contributed by atoms with Crippen molar-refractivity contribution in [1.29, 1.82) is 0 Å². The van der Waals surface area contributed by atoms with Crippen LogP contribution in [0.15, 0.2) is 66.4 Å². The lowest BCUT2D eigenvalue weighted by Gasteiger charge is -2.25. The highest BCUT2D eigenvalue weighted by Gasteiger charge is 2.56. The molecule has 0 radical (unpaired) electrons. The van der Waals surface area contributed by atoms with Crippen molar-refractivity contribution in [3.8, 4) is 5.75 Å². The van der Waals surface area contributed by atoms with E-state index in [0.717, 1.165) is 34.7 Å². The van der Waals surface area contributed by atoms with E-state index in [-0.39, 0.29) is 11.9 Å². The van der Waals surface area contributed by atoms with Gasteiger partial charge in [-0.05, 0) is 37.6 Å². The molecule has 144 valence electrons. The number of benzene rings is 2. The molecule has 2 aromatic rings. The van der Waals surface area contributed by atoms with Crippen LogP contribution < -0.4 is 9.64 Å². The number of ether oxygens (including phenoxy) is 2. The fourth-order valence-corrected chi connectivity index (χ4v) is 4.02. The van der Waals surface area contributed by atoms with Crippen LogP contribution in [0.2, 0.25) is 0 Å². The van der Waals surface area contributed by atoms with Gasteiger partial charge in [0, 0.05) is 30.5 Å². The summed E-state index contributed by atoms with van der Waals surface area (Å²) in [4.78, 5) is 15.2. The molecule has 4 nitrogen and oxygen atoms in total. The summed E-state index contributed by atoms with van der Waals surface area (Å²) in [6.07, 6.45) is 7.38. The number of allylic oxidation sites excluding steroid dienone is 3. The van der Waals surface area contributed by atoms with Gasteiger partial charge in [-0.2, -0.15) is 0 Å². The Morgan fingerprint density at radius 3 is 2.68 bits per heavy atom. The highest BCUT2D eigenvalue weighted by molar-refractivity contribution is 6.08. The standard InChI is InChI=1S/C24H25NO3/c1-17(2)25-22-16-20(27-3)12-13-21(22)24(23(25)26)15-14-19(28-24)11-7-10-18-8-5-4-6-9-18/h4-13,16-17H,14-15H2,1-3H3/b10-7+,19-11-. The predicted octanol–water partition coefficient (Wildman–Crippen LogP) is 5.05. The van der Waals surface area contributed by atoms with Crippen molar-refractivity contribution in [3.05, 3.63) is 77.6 Å². The summed E-state index contributed by atoms with van der Waals surface area (Å²) in [7, 11) is 1.64. The number of anilines is 1. The summed E-state index contributed by atoms with van der Waals surface area (Å²) in [5.74, 6) is 1.60. The molecule has 0 N–H and O–H groups in total. The topological polar surface area (TPSA) is 38.8 Å². The number of carbonyl (C=O) groups is 1. The smallest absolute Gasteiger partial charge is 0.276 e. The number of methoxy groups -OCH3 is 1. The Kier molecular flexibility index (Phi) is 4.71. The third-order valence-electron chi connectivity index (χ3n) is 5.38. The van der Waals surface area contributed by atoms with Crippen molar-refractivity contribution in [3.63, 3.8) is 0 Å². The van der Waals surface area contributed by atoms with Crippen molar-refractivity contribution in [2.45, 2.75) is 38.3 Å². The zero-order valence-electron chi connectivity index (χ0n) is 16.5. The molecule has 0 aliphatic carbocycles. The lowest BCUT2D eigenvalue weighted by atomic mass is 9.92. The van der Waals surface area contributed by atoms with E-state index in [1.807, 2.05) is 73.4 Å². The second-order valence-corrected chi connectivity index (χ2v) is 7.48. The summed E-state index contributed by atoms with van der Waals surface area (Å²) < 4.78 is 11.7. The molecule has 1 spiro atoms. The minimum atomic E-state index is -0.918. The first kappa shape index (κ1) is 18.4. The van der Waals surface area contributed by atoms with Gasteiger partial charge in [0.15, 0.2) is 0 Å². The van der Waals surface area contributed by atoms with Gasteiger partial charge in [-0.1, -0.05) is 42.5 Å². The van der Waals surface area contributed by atoms with Crippen LogP contribution in [0.25, 0.3) is 6.08 Å². The first-order valence-corrected chi connectivity index (χ1v) is 9.68. The van der Waals surface area contributed by atoms with E-state index in [0.29, 0.717) is 6.42 Å². The molecular formula is C24H25NO3. The van der Waals surface area contributed by atoms with Crippen LogP contribution in [0.4, 0.5) is 5.69 Å². The Labute approximate surface area is 166 Å². The first-order valence-electron chi connectivity index (χ1n) is 9.68. The molecule has 1 atom stereocenters. The molecule has 2 heterocycles. The lowest BCUT2D eigenvalue weighted by Crippen LogP contribution is -2.42. The van der Waals surface area contributed by atoms with Crippen molar-refractivity contribution in [2.75, 3.05) is 12.0 Å². The Hall–Kier alpha value is -3.01. The number of hydrogen-bond donors (Lipinski definition) is 0. The largest absolute Gasteiger partial charge is 0.497 e. The van der Waals surface area contributed by atoms with Crippen LogP contribution in [0, 0.1) is 0 Å². The van der Waals surface area contributed by atoms with Gasteiger partial charge in [-0.15, -0.1) is 0 Å². The van der Waals surface area contributed by atoms with E-state index in [1.54, 1.807) is 7.11 Å². The molecule has 1 amide bonds. The second kappa shape index (κ2) is 7.19. The molecule has 4 rings (SSSR count). The average molecular weight is 375 g/mol. The van der Waals surface area contributed by atoms with Gasteiger partial charge in [0.1, 0.15) is 5.75 Å².